The van der Waals surface area contributed by atoms with Crippen molar-refractivity contribution in [1.82, 2.24) is 4.98 Å². The smallest absolute Gasteiger partial charge is 0.456 e. The minimum atomic E-state index is -0.378. The van der Waals surface area contributed by atoms with Gasteiger partial charge in [-0.25, -0.2) is 4.98 Å². The molecule has 8 rings (SSSR count). The Balaban J connectivity index is 1.24. The summed E-state index contributed by atoms with van der Waals surface area (Å²) in [6.07, 6.45) is 0. The summed E-state index contributed by atoms with van der Waals surface area (Å²) < 4.78 is 27.3. The second-order valence-corrected chi connectivity index (χ2v) is 12.1. The molecule has 0 radical (unpaired) electrons. The van der Waals surface area contributed by atoms with E-state index in [2.05, 4.69) is 64.1 Å². The number of fused-ring (bicyclic) bond motifs is 7. The molecule has 0 atom stereocenters. The fraction of sp³-hybridized carbons (Fsp3) is 0.194. The topological polar surface area (TPSA) is 57.6 Å². The molecule has 0 saturated carbocycles. The van der Waals surface area contributed by atoms with Crippen LogP contribution in [-0.2, 0) is 9.31 Å². The largest absolute Gasteiger partial charge is 0.494 e. The first-order valence-electron chi connectivity index (χ1n) is 12.8. The molecule has 4 heterocycles. The van der Waals surface area contributed by atoms with E-state index in [1.165, 1.54) is 15.5 Å². The fourth-order valence-electron chi connectivity index (χ4n) is 5.41. The van der Waals surface area contributed by atoms with Crippen molar-refractivity contribution in [1.29, 1.82) is 0 Å². The van der Waals surface area contributed by atoms with Gasteiger partial charge in [-0.3, -0.25) is 0 Å². The molecule has 3 aromatic heterocycles. The number of aromatic nitrogens is 1. The molecule has 1 aliphatic heterocycles. The van der Waals surface area contributed by atoms with Crippen molar-refractivity contribution in [3.63, 3.8) is 0 Å². The van der Waals surface area contributed by atoms with Gasteiger partial charge in [0.15, 0.2) is 5.58 Å². The van der Waals surface area contributed by atoms with E-state index in [4.69, 9.17) is 23.1 Å². The van der Waals surface area contributed by atoms with E-state index >= 15 is 0 Å². The van der Waals surface area contributed by atoms with Gasteiger partial charge in [-0.15, -0.1) is 11.3 Å². The van der Waals surface area contributed by atoms with Gasteiger partial charge in [0.1, 0.15) is 16.7 Å². The first kappa shape index (κ1) is 22.3. The van der Waals surface area contributed by atoms with Crippen LogP contribution < -0.4 is 5.46 Å². The van der Waals surface area contributed by atoms with Crippen LogP contribution in [0.1, 0.15) is 27.7 Å². The quantitative estimate of drug-likeness (QED) is 0.217. The highest BCUT2D eigenvalue weighted by Crippen LogP contribution is 2.41. The van der Waals surface area contributed by atoms with Crippen LogP contribution in [0.3, 0.4) is 0 Å². The zero-order valence-electron chi connectivity index (χ0n) is 21.5. The van der Waals surface area contributed by atoms with E-state index in [-0.39, 0.29) is 18.3 Å². The molecule has 1 aliphatic rings. The standard InChI is InChI=1S/C31H24BNO4S/c1-30(2)31(3,4)37-32(36-30)17-12-13-18-21-15-22-25(16-27(21)38-26(18)14-17)35-29(33-22)20-9-7-11-24-28(20)19-8-5-6-10-23(19)34-24/h5-16H,1-4H3. The van der Waals surface area contributed by atoms with Crippen molar-refractivity contribution >= 4 is 77.1 Å². The van der Waals surface area contributed by atoms with Crippen LogP contribution >= 0.6 is 11.3 Å². The van der Waals surface area contributed by atoms with Gasteiger partial charge in [0.2, 0.25) is 5.89 Å². The summed E-state index contributed by atoms with van der Waals surface area (Å²) in [7, 11) is -0.378. The summed E-state index contributed by atoms with van der Waals surface area (Å²) >= 11 is 1.75. The maximum absolute atomic E-state index is 6.35. The predicted molar refractivity (Wildman–Crippen MR) is 155 cm³/mol. The van der Waals surface area contributed by atoms with Crippen LogP contribution in [0, 0.1) is 0 Å². The number of hydrogen-bond acceptors (Lipinski definition) is 6. The third kappa shape index (κ3) is 3.10. The van der Waals surface area contributed by atoms with E-state index < -0.39 is 0 Å². The lowest BCUT2D eigenvalue weighted by atomic mass is 9.79. The lowest BCUT2D eigenvalue weighted by molar-refractivity contribution is 0.00578. The number of hydrogen-bond donors (Lipinski definition) is 0. The van der Waals surface area contributed by atoms with Gasteiger partial charge in [-0.05, 0) is 63.5 Å². The lowest BCUT2D eigenvalue weighted by Crippen LogP contribution is -2.41. The fourth-order valence-corrected chi connectivity index (χ4v) is 6.57. The Bertz CT molecular complexity index is 2050. The van der Waals surface area contributed by atoms with Crippen molar-refractivity contribution in [2.24, 2.45) is 0 Å². The zero-order valence-corrected chi connectivity index (χ0v) is 22.3. The zero-order chi connectivity index (χ0) is 25.8. The van der Waals surface area contributed by atoms with E-state index in [9.17, 15) is 0 Å². The van der Waals surface area contributed by atoms with Gasteiger partial charge in [-0.1, -0.05) is 36.4 Å². The van der Waals surface area contributed by atoms with Crippen LogP contribution in [0.4, 0.5) is 0 Å². The molecular formula is C31H24BNO4S. The molecule has 0 aliphatic carbocycles. The second-order valence-electron chi connectivity index (χ2n) is 11.1. The van der Waals surface area contributed by atoms with Gasteiger partial charge in [0, 0.05) is 42.6 Å². The number of nitrogens with zero attached hydrogens (tertiary/aromatic N) is 1. The number of rotatable bonds is 2. The Morgan fingerprint density at radius 1 is 0.684 bits per heavy atom. The summed E-state index contributed by atoms with van der Waals surface area (Å²) in [6.45, 7) is 8.32. The summed E-state index contributed by atoms with van der Waals surface area (Å²) in [5, 5.41) is 4.45. The predicted octanol–water partition coefficient (Wildman–Crippen LogP) is 8.06. The molecule has 7 aromatic rings. The maximum atomic E-state index is 6.35. The van der Waals surface area contributed by atoms with Crippen LogP contribution in [-0.4, -0.2) is 23.3 Å². The van der Waals surface area contributed by atoms with Crippen molar-refractivity contribution in [3.8, 4) is 11.5 Å². The Kier molecular flexibility index (Phi) is 4.40. The minimum absolute atomic E-state index is 0.367. The Labute approximate surface area is 223 Å². The average molecular weight is 517 g/mol. The third-order valence-electron chi connectivity index (χ3n) is 8.16. The van der Waals surface area contributed by atoms with Crippen molar-refractivity contribution in [2.75, 3.05) is 0 Å². The van der Waals surface area contributed by atoms with Crippen molar-refractivity contribution in [3.05, 3.63) is 72.8 Å². The number of oxazole rings is 1. The van der Waals surface area contributed by atoms with Crippen LogP contribution in [0.25, 0.3) is 64.7 Å². The Hall–Kier alpha value is -3.65. The van der Waals surface area contributed by atoms with Gasteiger partial charge >= 0.3 is 7.12 Å². The molecule has 186 valence electrons. The number of benzene rings is 4. The molecule has 0 unspecified atom stereocenters. The molecule has 4 aromatic carbocycles. The summed E-state index contributed by atoms with van der Waals surface area (Å²) in [5.41, 5.74) is 4.54. The van der Waals surface area contributed by atoms with Gasteiger partial charge in [0.05, 0.1) is 11.2 Å². The minimum Gasteiger partial charge on any atom is -0.456 e. The van der Waals surface area contributed by atoms with Crippen molar-refractivity contribution in [2.45, 2.75) is 38.9 Å². The molecule has 1 saturated heterocycles. The van der Waals surface area contributed by atoms with Crippen molar-refractivity contribution < 1.29 is 18.1 Å². The average Bonchev–Trinajstić information content (AvgIpc) is 3.62. The van der Waals surface area contributed by atoms with E-state index in [1.807, 2.05) is 36.4 Å². The summed E-state index contributed by atoms with van der Waals surface area (Å²) in [4.78, 5) is 4.92. The summed E-state index contributed by atoms with van der Waals surface area (Å²) in [5.74, 6) is 0.599. The third-order valence-corrected chi connectivity index (χ3v) is 9.28. The molecule has 0 amide bonds. The SMILES string of the molecule is CC1(C)OB(c2ccc3c(c2)sc2cc4oc(-c5cccc6oc7ccccc7c56)nc4cc23)OC1(C)C. The molecule has 0 N–H and O–H groups in total. The van der Waals surface area contributed by atoms with E-state index in [0.717, 1.165) is 48.8 Å². The molecular weight excluding hydrogens is 493 g/mol. The Morgan fingerprint density at radius 2 is 1.45 bits per heavy atom. The molecule has 0 spiro atoms. The molecule has 1 fully saturated rings. The number of furan rings is 1. The Morgan fingerprint density at radius 3 is 2.29 bits per heavy atom. The number of para-hydroxylation sites is 1. The molecule has 7 heteroatoms. The van der Waals surface area contributed by atoms with E-state index in [1.54, 1.807) is 11.3 Å². The highest BCUT2D eigenvalue weighted by molar-refractivity contribution is 7.26. The van der Waals surface area contributed by atoms with Crippen LogP contribution in [0.5, 0.6) is 0 Å². The van der Waals surface area contributed by atoms with E-state index in [0.29, 0.717) is 5.89 Å². The molecule has 0 bridgehead atoms. The highest BCUT2D eigenvalue weighted by atomic mass is 32.1. The summed E-state index contributed by atoms with van der Waals surface area (Å²) in [6, 6.07) is 24.8. The highest BCUT2D eigenvalue weighted by Gasteiger charge is 2.51. The first-order valence-corrected chi connectivity index (χ1v) is 13.6. The molecule has 38 heavy (non-hydrogen) atoms. The lowest BCUT2D eigenvalue weighted by Gasteiger charge is -2.32. The first-order chi connectivity index (χ1) is 18.3. The monoisotopic (exact) mass is 517 g/mol. The van der Waals surface area contributed by atoms with Crippen LogP contribution in [0.2, 0.25) is 0 Å². The number of thiophene rings is 1. The van der Waals surface area contributed by atoms with Gasteiger partial charge in [-0.2, -0.15) is 0 Å². The normalized spacial score (nSPS) is 17.1. The maximum Gasteiger partial charge on any atom is 0.494 e. The van der Waals surface area contributed by atoms with Gasteiger partial charge in [0.25, 0.3) is 0 Å². The van der Waals surface area contributed by atoms with Gasteiger partial charge < -0.3 is 18.1 Å². The molecule has 5 nitrogen and oxygen atoms in total. The second kappa shape index (κ2) is 7.47. The van der Waals surface area contributed by atoms with Crippen LogP contribution in [0.15, 0.2) is 81.6 Å².